The molecule has 0 bridgehead atoms. The fraction of sp³-hybridized carbons (Fsp3) is 0.273. The maximum Gasteiger partial charge on any atom is 0.328 e. The third-order valence-electron chi connectivity index (χ3n) is 2.24. The lowest BCUT2D eigenvalue weighted by molar-refractivity contribution is -0.142. The van der Waals surface area contributed by atoms with E-state index < -0.39 is 17.9 Å². The minimum Gasteiger partial charge on any atom is -0.467 e. The van der Waals surface area contributed by atoms with Gasteiger partial charge in [-0.3, -0.25) is 4.79 Å². The molecule has 0 aliphatic rings. The van der Waals surface area contributed by atoms with Crippen LogP contribution in [0.25, 0.3) is 0 Å². The van der Waals surface area contributed by atoms with Crippen LogP contribution < -0.4 is 11.1 Å². The Labute approximate surface area is 114 Å². The Morgan fingerprint density at radius 1 is 1.33 bits per heavy atom. The molecule has 0 aromatic heterocycles. The molecular weight excluding hydrogens is 279 g/mol. The lowest BCUT2D eigenvalue weighted by Crippen LogP contribution is -2.39. The summed E-state index contributed by atoms with van der Waals surface area (Å²) < 4.78 is 4.49. The van der Waals surface area contributed by atoms with Crippen molar-refractivity contribution in [1.82, 2.24) is 5.32 Å². The number of rotatable bonds is 3. The zero-order valence-electron chi connectivity index (χ0n) is 9.79. The predicted octanol–water partition coefficient (Wildman–Crippen LogP) is 1.87. The Kier molecular flexibility index (Phi) is 4.81. The van der Waals surface area contributed by atoms with E-state index >= 15 is 0 Å². The lowest BCUT2D eigenvalue weighted by Gasteiger charge is -2.12. The van der Waals surface area contributed by atoms with Crippen LogP contribution in [0, 0.1) is 0 Å². The third kappa shape index (κ3) is 3.27. The molecule has 0 saturated carbocycles. The van der Waals surface area contributed by atoms with E-state index in [-0.39, 0.29) is 21.3 Å². The Hall–Kier alpha value is -1.46. The van der Waals surface area contributed by atoms with Gasteiger partial charge in [0.05, 0.1) is 22.8 Å². The largest absolute Gasteiger partial charge is 0.467 e. The van der Waals surface area contributed by atoms with E-state index in [2.05, 4.69) is 10.1 Å². The van der Waals surface area contributed by atoms with Crippen molar-refractivity contribution in [3.8, 4) is 0 Å². The van der Waals surface area contributed by atoms with E-state index in [4.69, 9.17) is 28.9 Å². The average molecular weight is 291 g/mol. The summed E-state index contributed by atoms with van der Waals surface area (Å²) in [6.45, 7) is 1.50. The SMILES string of the molecule is COC(=O)[C@H](C)NC(=O)c1cc(Cl)c(N)c(Cl)c1. The molecule has 1 rings (SSSR count). The van der Waals surface area contributed by atoms with Gasteiger partial charge in [0.2, 0.25) is 0 Å². The molecule has 98 valence electrons. The zero-order chi connectivity index (χ0) is 13.9. The second kappa shape index (κ2) is 5.93. The summed E-state index contributed by atoms with van der Waals surface area (Å²) >= 11 is 11.6. The maximum atomic E-state index is 11.8. The highest BCUT2D eigenvalue weighted by Gasteiger charge is 2.18. The topological polar surface area (TPSA) is 81.4 Å². The molecule has 1 atom stereocenters. The van der Waals surface area contributed by atoms with Crippen molar-refractivity contribution in [1.29, 1.82) is 0 Å². The molecule has 0 aliphatic carbocycles. The predicted molar refractivity (Wildman–Crippen MR) is 69.8 cm³/mol. The number of hydrogen-bond acceptors (Lipinski definition) is 4. The third-order valence-corrected chi connectivity index (χ3v) is 2.87. The molecule has 0 radical (unpaired) electrons. The first-order chi connectivity index (χ1) is 8.36. The second-order valence-corrected chi connectivity index (χ2v) is 4.39. The van der Waals surface area contributed by atoms with Crippen LogP contribution in [0.5, 0.6) is 0 Å². The van der Waals surface area contributed by atoms with Crippen molar-refractivity contribution < 1.29 is 14.3 Å². The second-order valence-electron chi connectivity index (χ2n) is 3.57. The minimum atomic E-state index is -0.766. The molecule has 1 aromatic carbocycles. The van der Waals surface area contributed by atoms with Gasteiger partial charge in [0, 0.05) is 5.56 Å². The zero-order valence-corrected chi connectivity index (χ0v) is 11.3. The van der Waals surface area contributed by atoms with Crippen molar-refractivity contribution in [2.75, 3.05) is 12.8 Å². The van der Waals surface area contributed by atoms with Crippen LogP contribution in [0.15, 0.2) is 12.1 Å². The number of nitrogen functional groups attached to an aromatic ring is 1. The Balaban J connectivity index is 2.89. The molecule has 1 aromatic rings. The van der Waals surface area contributed by atoms with Gasteiger partial charge in [0.1, 0.15) is 6.04 Å². The molecule has 0 heterocycles. The highest BCUT2D eigenvalue weighted by atomic mass is 35.5. The van der Waals surface area contributed by atoms with E-state index in [0.717, 1.165) is 0 Å². The number of amides is 1. The molecule has 0 unspecified atom stereocenters. The fourth-order valence-corrected chi connectivity index (χ4v) is 1.72. The molecule has 7 heteroatoms. The summed E-state index contributed by atoms with van der Waals surface area (Å²) in [5.74, 6) is -1.03. The van der Waals surface area contributed by atoms with Crippen molar-refractivity contribution in [3.63, 3.8) is 0 Å². The van der Waals surface area contributed by atoms with E-state index in [9.17, 15) is 9.59 Å². The highest BCUT2D eigenvalue weighted by Crippen LogP contribution is 2.28. The van der Waals surface area contributed by atoms with Gasteiger partial charge in [0.25, 0.3) is 5.91 Å². The van der Waals surface area contributed by atoms with Crippen LogP contribution in [-0.4, -0.2) is 25.0 Å². The standard InChI is InChI=1S/C11H12Cl2N2O3/c1-5(11(17)18-2)15-10(16)6-3-7(12)9(14)8(13)4-6/h3-5H,14H2,1-2H3,(H,15,16)/t5-/m0/s1. The number of benzene rings is 1. The number of anilines is 1. The molecule has 0 fully saturated rings. The molecule has 5 nitrogen and oxygen atoms in total. The van der Waals surface area contributed by atoms with Crippen molar-refractivity contribution >= 4 is 40.8 Å². The van der Waals surface area contributed by atoms with Crippen molar-refractivity contribution in [3.05, 3.63) is 27.7 Å². The van der Waals surface area contributed by atoms with Crippen LogP contribution in [0.1, 0.15) is 17.3 Å². The quantitative estimate of drug-likeness (QED) is 0.658. The Morgan fingerprint density at radius 3 is 2.28 bits per heavy atom. The van der Waals surface area contributed by atoms with Gasteiger partial charge in [-0.05, 0) is 19.1 Å². The number of hydrogen-bond donors (Lipinski definition) is 2. The van der Waals surface area contributed by atoms with Crippen molar-refractivity contribution in [2.24, 2.45) is 0 Å². The lowest BCUT2D eigenvalue weighted by atomic mass is 10.2. The molecule has 18 heavy (non-hydrogen) atoms. The number of esters is 1. The Bertz CT molecular complexity index is 468. The van der Waals surface area contributed by atoms with Gasteiger partial charge < -0.3 is 15.8 Å². The summed E-state index contributed by atoms with van der Waals surface area (Å²) in [5.41, 5.74) is 5.97. The van der Waals surface area contributed by atoms with E-state index in [1.54, 1.807) is 0 Å². The molecule has 3 N–H and O–H groups in total. The Morgan fingerprint density at radius 2 is 1.83 bits per heavy atom. The molecular formula is C11H12Cl2N2O3. The first kappa shape index (κ1) is 14.6. The summed E-state index contributed by atoms with van der Waals surface area (Å²) in [7, 11) is 1.24. The van der Waals surface area contributed by atoms with Crippen LogP contribution in [0.2, 0.25) is 10.0 Å². The first-order valence-corrected chi connectivity index (χ1v) is 5.75. The van der Waals surface area contributed by atoms with Gasteiger partial charge in [0.15, 0.2) is 0 Å². The number of methoxy groups -OCH3 is 1. The number of ether oxygens (including phenoxy) is 1. The monoisotopic (exact) mass is 290 g/mol. The smallest absolute Gasteiger partial charge is 0.328 e. The number of halogens is 2. The van der Waals surface area contributed by atoms with Crippen molar-refractivity contribution in [2.45, 2.75) is 13.0 Å². The number of carbonyl (C=O) groups excluding carboxylic acids is 2. The maximum absolute atomic E-state index is 11.8. The molecule has 0 spiro atoms. The van der Waals surface area contributed by atoms with Crippen LogP contribution in [0.3, 0.4) is 0 Å². The summed E-state index contributed by atoms with van der Waals surface area (Å²) in [5, 5.41) is 2.81. The van der Waals surface area contributed by atoms with Gasteiger partial charge in [-0.2, -0.15) is 0 Å². The van der Waals surface area contributed by atoms with Gasteiger partial charge in [-0.1, -0.05) is 23.2 Å². The number of nitrogens with one attached hydrogen (secondary N) is 1. The van der Waals surface area contributed by atoms with Crippen LogP contribution in [0.4, 0.5) is 5.69 Å². The summed E-state index contributed by atoms with van der Waals surface area (Å²) in [6.07, 6.45) is 0. The van der Waals surface area contributed by atoms with Crippen LogP contribution in [-0.2, 0) is 9.53 Å². The molecule has 0 aliphatic heterocycles. The minimum absolute atomic E-state index is 0.179. The summed E-state index contributed by atoms with van der Waals surface area (Å²) in [6, 6.07) is 1.99. The highest BCUT2D eigenvalue weighted by molar-refractivity contribution is 6.39. The average Bonchev–Trinajstić information content (AvgIpc) is 2.33. The normalized spacial score (nSPS) is 11.8. The van der Waals surface area contributed by atoms with E-state index in [1.165, 1.54) is 26.2 Å². The van der Waals surface area contributed by atoms with E-state index in [0.29, 0.717) is 0 Å². The first-order valence-electron chi connectivity index (χ1n) is 5.00. The molecule has 0 saturated heterocycles. The molecule has 1 amide bonds. The van der Waals surface area contributed by atoms with Gasteiger partial charge in [-0.25, -0.2) is 4.79 Å². The summed E-state index contributed by atoms with van der Waals surface area (Å²) in [4.78, 5) is 23.0. The van der Waals surface area contributed by atoms with Crippen LogP contribution >= 0.6 is 23.2 Å². The van der Waals surface area contributed by atoms with E-state index in [1.807, 2.05) is 0 Å². The number of nitrogens with two attached hydrogens (primary N) is 1. The number of carbonyl (C=O) groups is 2. The van der Waals surface area contributed by atoms with Gasteiger partial charge >= 0.3 is 5.97 Å². The van der Waals surface area contributed by atoms with Gasteiger partial charge in [-0.15, -0.1) is 0 Å². The fourth-order valence-electron chi connectivity index (χ4n) is 1.23.